The summed E-state index contributed by atoms with van der Waals surface area (Å²) in [6.45, 7) is 9.57. The van der Waals surface area contributed by atoms with E-state index in [9.17, 15) is 9.18 Å². The zero-order valence-electron chi connectivity index (χ0n) is 28.2. The quantitative estimate of drug-likeness (QED) is 0.118. The van der Waals surface area contributed by atoms with Crippen LogP contribution in [-0.4, -0.2) is 66.8 Å². The second-order valence-corrected chi connectivity index (χ2v) is 14.5. The van der Waals surface area contributed by atoms with Crippen LogP contribution in [0, 0.1) is 5.95 Å². The van der Waals surface area contributed by atoms with E-state index in [0.29, 0.717) is 47.4 Å². The Morgan fingerprint density at radius 1 is 0.959 bits per heavy atom. The van der Waals surface area contributed by atoms with Gasteiger partial charge in [0.05, 0.1) is 35.8 Å². The molecule has 1 saturated carbocycles. The van der Waals surface area contributed by atoms with Crippen molar-refractivity contribution >= 4 is 28.2 Å². The Morgan fingerprint density at radius 3 is 2.51 bits per heavy atom. The minimum absolute atomic E-state index is 0.00145. The topological polar surface area (TPSA) is 118 Å². The number of hydrogen-bond acceptors (Lipinski definition) is 10. The number of piperidine rings is 1. The lowest BCUT2D eigenvalue weighted by Gasteiger charge is -2.32. The van der Waals surface area contributed by atoms with Crippen molar-refractivity contribution < 1.29 is 27.8 Å². The molecule has 5 aromatic rings. The van der Waals surface area contributed by atoms with Crippen molar-refractivity contribution in [2.24, 2.45) is 0 Å². The molecule has 11 nitrogen and oxygen atoms in total. The SMILES string of the molecule is CC(C)(C)OC(=O)c1ccc2nc(CN3CCC(c4cccc(OCc5cc6nc(C7CC7)oc6nc5F)n4)CC3)n(CC3CCO3)c2c1. The van der Waals surface area contributed by atoms with Gasteiger partial charge in [0.25, 0.3) is 0 Å². The molecule has 6 heterocycles. The maximum absolute atomic E-state index is 14.7. The van der Waals surface area contributed by atoms with E-state index in [1.165, 1.54) is 0 Å². The van der Waals surface area contributed by atoms with Gasteiger partial charge in [-0.15, -0.1) is 0 Å². The zero-order valence-corrected chi connectivity index (χ0v) is 28.2. The van der Waals surface area contributed by atoms with Gasteiger partial charge in [0.1, 0.15) is 23.5 Å². The smallest absolute Gasteiger partial charge is 0.338 e. The average Bonchev–Trinajstić information content (AvgIpc) is 3.74. The highest BCUT2D eigenvalue weighted by molar-refractivity contribution is 5.94. The van der Waals surface area contributed by atoms with Gasteiger partial charge in [0.2, 0.25) is 23.4 Å². The van der Waals surface area contributed by atoms with Crippen molar-refractivity contribution in [2.75, 3.05) is 19.7 Å². The van der Waals surface area contributed by atoms with E-state index in [-0.39, 0.29) is 30.3 Å². The van der Waals surface area contributed by atoms with Gasteiger partial charge in [-0.25, -0.2) is 19.7 Å². The van der Waals surface area contributed by atoms with Gasteiger partial charge >= 0.3 is 5.97 Å². The number of rotatable bonds is 10. The van der Waals surface area contributed by atoms with E-state index in [1.807, 2.05) is 45.0 Å². The summed E-state index contributed by atoms with van der Waals surface area (Å²) in [5, 5.41) is 0. The predicted molar refractivity (Wildman–Crippen MR) is 179 cm³/mol. The Labute approximate surface area is 283 Å². The van der Waals surface area contributed by atoms with Gasteiger partial charge in [-0.05, 0) is 96.3 Å². The summed E-state index contributed by atoms with van der Waals surface area (Å²) in [4.78, 5) is 33.6. The number of likely N-dealkylation sites (tertiary alicyclic amines) is 1. The molecule has 2 aliphatic heterocycles. The van der Waals surface area contributed by atoms with Crippen LogP contribution >= 0.6 is 0 Å². The van der Waals surface area contributed by atoms with Gasteiger partial charge in [-0.3, -0.25) is 4.90 Å². The Hall–Kier alpha value is -4.42. The Balaban J connectivity index is 0.918. The maximum Gasteiger partial charge on any atom is 0.338 e. The minimum atomic E-state index is -0.619. The summed E-state index contributed by atoms with van der Waals surface area (Å²) in [7, 11) is 0. The molecule has 3 aliphatic rings. The molecular weight excluding hydrogens is 627 g/mol. The first-order valence-corrected chi connectivity index (χ1v) is 17.3. The van der Waals surface area contributed by atoms with Crippen LogP contribution in [0.15, 0.2) is 46.9 Å². The van der Waals surface area contributed by atoms with E-state index in [2.05, 4.69) is 19.4 Å². The fraction of sp³-hybridized carbons (Fsp3) is 0.486. The van der Waals surface area contributed by atoms with Crippen LogP contribution in [0.4, 0.5) is 4.39 Å². The van der Waals surface area contributed by atoms with Crippen LogP contribution in [0.25, 0.3) is 22.3 Å². The van der Waals surface area contributed by atoms with Crippen molar-refractivity contribution in [3.05, 3.63) is 76.9 Å². The van der Waals surface area contributed by atoms with E-state index in [0.717, 1.165) is 74.4 Å². The van der Waals surface area contributed by atoms with Crippen molar-refractivity contribution in [3.63, 3.8) is 0 Å². The van der Waals surface area contributed by atoms with Crippen LogP contribution in [0.2, 0.25) is 0 Å². The molecule has 0 N–H and O–H groups in total. The van der Waals surface area contributed by atoms with Crippen molar-refractivity contribution in [3.8, 4) is 5.88 Å². The Morgan fingerprint density at radius 2 is 1.78 bits per heavy atom. The zero-order chi connectivity index (χ0) is 33.7. The summed E-state index contributed by atoms with van der Waals surface area (Å²) in [6, 6.07) is 13.0. The highest BCUT2D eigenvalue weighted by Crippen LogP contribution is 2.40. The summed E-state index contributed by atoms with van der Waals surface area (Å²) >= 11 is 0. The molecule has 49 heavy (non-hydrogen) atoms. The number of fused-ring (bicyclic) bond motifs is 2. The van der Waals surface area contributed by atoms with Crippen LogP contribution in [-0.2, 0) is 29.2 Å². The Bertz CT molecular complexity index is 2000. The van der Waals surface area contributed by atoms with E-state index in [4.69, 9.17) is 28.6 Å². The fourth-order valence-electron chi connectivity index (χ4n) is 6.58. The maximum atomic E-state index is 14.7. The first-order valence-electron chi connectivity index (χ1n) is 17.3. The molecule has 1 aliphatic carbocycles. The molecule has 1 aromatic carbocycles. The van der Waals surface area contributed by atoms with Crippen molar-refractivity contribution in [2.45, 2.75) is 96.1 Å². The second-order valence-electron chi connectivity index (χ2n) is 14.5. The van der Waals surface area contributed by atoms with E-state index >= 15 is 0 Å². The van der Waals surface area contributed by atoms with Crippen LogP contribution < -0.4 is 4.74 Å². The van der Waals surface area contributed by atoms with E-state index < -0.39 is 11.5 Å². The van der Waals surface area contributed by atoms with E-state index in [1.54, 1.807) is 18.2 Å². The number of imidazole rings is 1. The molecule has 0 bridgehead atoms. The Kier molecular flexibility index (Phi) is 8.31. The van der Waals surface area contributed by atoms with Gasteiger partial charge in [0, 0.05) is 35.8 Å². The number of aromatic nitrogens is 5. The number of hydrogen-bond donors (Lipinski definition) is 0. The third-order valence-electron chi connectivity index (χ3n) is 9.49. The normalized spacial score (nSPS) is 19.0. The molecular formula is C37H41FN6O5. The molecule has 0 spiro atoms. The monoisotopic (exact) mass is 668 g/mol. The largest absolute Gasteiger partial charge is 0.473 e. The van der Waals surface area contributed by atoms with Crippen LogP contribution in [0.5, 0.6) is 5.88 Å². The predicted octanol–water partition coefficient (Wildman–Crippen LogP) is 6.69. The molecule has 4 aromatic heterocycles. The molecule has 1 unspecified atom stereocenters. The number of carbonyl (C=O) groups excluding carboxylic acids is 1. The molecule has 8 rings (SSSR count). The lowest BCUT2D eigenvalue weighted by atomic mass is 9.93. The van der Waals surface area contributed by atoms with Gasteiger partial charge in [0.15, 0.2) is 0 Å². The summed E-state index contributed by atoms with van der Waals surface area (Å²) in [6.07, 6.45) is 5.13. The van der Waals surface area contributed by atoms with Gasteiger partial charge in [-0.2, -0.15) is 9.37 Å². The number of esters is 1. The number of halogens is 1. The van der Waals surface area contributed by atoms with Crippen LogP contribution in [0.1, 0.15) is 98.0 Å². The lowest BCUT2D eigenvalue weighted by Crippen LogP contribution is -2.35. The number of ether oxygens (including phenoxy) is 3. The van der Waals surface area contributed by atoms with Crippen LogP contribution in [0.3, 0.4) is 0 Å². The molecule has 12 heteroatoms. The molecule has 0 amide bonds. The third-order valence-corrected chi connectivity index (χ3v) is 9.49. The summed E-state index contributed by atoms with van der Waals surface area (Å²) < 4.78 is 40.0. The summed E-state index contributed by atoms with van der Waals surface area (Å²) in [5.74, 6) is 1.70. The van der Waals surface area contributed by atoms with Gasteiger partial charge in [-0.1, -0.05) is 6.07 Å². The summed E-state index contributed by atoms with van der Waals surface area (Å²) in [5.41, 5.74) is 3.80. The van der Waals surface area contributed by atoms with Crippen molar-refractivity contribution in [1.29, 1.82) is 0 Å². The molecule has 256 valence electrons. The minimum Gasteiger partial charge on any atom is -0.473 e. The molecule has 0 radical (unpaired) electrons. The number of oxazole rings is 1. The first kappa shape index (κ1) is 31.8. The van der Waals surface area contributed by atoms with Gasteiger partial charge < -0.3 is 23.2 Å². The standard InChI is InChI=1S/C37H41FN6O5/c1-37(2,3)49-36(45)24-9-10-28-30(18-24)44(19-26-13-16-46-26)31(39-28)20-43-14-11-22(12-15-43)27-5-4-6-32(40-27)47-21-25-17-29-35(42-33(25)38)48-34(41-29)23-7-8-23/h4-6,9-10,17-18,22-23,26H,7-8,11-16,19-21H2,1-3H3. The number of benzene rings is 1. The molecule has 2 saturated heterocycles. The second kappa shape index (κ2) is 12.8. The average molecular weight is 669 g/mol. The molecule has 3 fully saturated rings. The highest BCUT2D eigenvalue weighted by Gasteiger charge is 2.30. The fourth-order valence-corrected chi connectivity index (χ4v) is 6.58. The number of carbonyl (C=O) groups is 1. The number of pyridine rings is 2. The third kappa shape index (κ3) is 7.02. The number of nitrogens with zero attached hydrogens (tertiary/aromatic N) is 6. The van der Waals surface area contributed by atoms with Crippen molar-refractivity contribution in [1.82, 2.24) is 29.4 Å². The molecule has 1 atom stereocenters. The highest BCUT2D eigenvalue weighted by atomic mass is 19.1. The first-order chi connectivity index (χ1) is 23.6. The lowest BCUT2D eigenvalue weighted by molar-refractivity contribution is -0.0592.